The van der Waals surface area contributed by atoms with Crippen molar-refractivity contribution in [2.24, 2.45) is 39.4 Å². The van der Waals surface area contributed by atoms with Crippen molar-refractivity contribution in [3.8, 4) is 0 Å². The summed E-state index contributed by atoms with van der Waals surface area (Å²) in [4.78, 5) is 119. The maximum atomic E-state index is 15.1. The normalized spacial score (nSPS) is 27.6. The molecule has 8 rings (SSSR count). The van der Waals surface area contributed by atoms with Crippen LogP contribution >= 0.6 is 24.8 Å². The van der Waals surface area contributed by atoms with Crippen LogP contribution in [0.15, 0.2) is 60.7 Å². The van der Waals surface area contributed by atoms with E-state index in [9.17, 15) is 28.8 Å². The molecule has 4 bridgehead atoms. The van der Waals surface area contributed by atoms with Crippen LogP contribution in [0.25, 0.3) is 0 Å². The van der Waals surface area contributed by atoms with Crippen molar-refractivity contribution in [3.63, 3.8) is 0 Å². The Morgan fingerprint density at radius 1 is 0.590 bits per heavy atom. The number of carbonyl (C=O) groups is 8. The number of nitrogens with zero attached hydrogens (tertiary/aromatic N) is 2. The Bertz CT molecular complexity index is 2300. The minimum atomic E-state index is -0.947. The van der Waals surface area contributed by atoms with E-state index in [0.29, 0.717) is 32.1 Å². The third-order valence-electron chi connectivity index (χ3n) is 18.0. The van der Waals surface area contributed by atoms with E-state index >= 15 is 9.59 Å². The molecule has 2 aromatic rings. The summed E-state index contributed by atoms with van der Waals surface area (Å²) < 4.78 is 0. The summed E-state index contributed by atoms with van der Waals surface area (Å²) in [7, 11) is 3.38. The van der Waals surface area contributed by atoms with Crippen molar-refractivity contribution < 1.29 is 38.4 Å². The van der Waals surface area contributed by atoms with Crippen LogP contribution in [0.1, 0.15) is 157 Å². The van der Waals surface area contributed by atoms with Crippen molar-refractivity contribution in [3.05, 3.63) is 71.8 Å². The highest BCUT2D eigenvalue weighted by atomic mass is 35.5. The highest BCUT2D eigenvalue weighted by Crippen LogP contribution is 2.65. The van der Waals surface area contributed by atoms with Gasteiger partial charge in [-0.25, -0.2) is 0 Å². The first kappa shape index (κ1) is 63.9. The minimum absolute atomic E-state index is 0. The number of halogens is 2. The lowest BCUT2D eigenvalue weighted by molar-refractivity contribution is -0.168. The molecule has 0 aromatic heterocycles. The van der Waals surface area contributed by atoms with Gasteiger partial charge in [0.05, 0.1) is 35.0 Å². The summed E-state index contributed by atoms with van der Waals surface area (Å²) >= 11 is 0. The SMILES string of the molecule is CN[C@@H](C)C(=O)C[C@H](C(=O)N1C[C@@H](NC(=O)C23CC4CC(C2)CC(C(=O)N[C@H]2C[C@@H](C(=O)C[C@H](C)c5ccccc5)N(C(=O)[C@@H](NC(=O)[C@H](C)NC)C(C)(C)C)C2)(C4)C3)C[C@H]1C(=O)N[C@H](C)c1ccccc1)C(C)(C)C.Cl.Cl. The maximum Gasteiger partial charge on any atom is 0.246 e. The molecule has 16 nitrogen and oxygen atoms in total. The van der Waals surface area contributed by atoms with Crippen LogP contribution in [0.2, 0.25) is 0 Å². The summed E-state index contributed by atoms with van der Waals surface area (Å²) in [6.07, 6.45) is 4.37. The van der Waals surface area contributed by atoms with Gasteiger partial charge in [0.1, 0.15) is 17.9 Å². The molecule has 4 aliphatic carbocycles. The lowest BCUT2D eigenvalue weighted by Gasteiger charge is -2.60. The largest absolute Gasteiger partial charge is 0.351 e. The molecule has 0 spiro atoms. The summed E-state index contributed by atoms with van der Waals surface area (Å²) in [5.74, 6) is -2.48. The van der Waals surface area contributed by atoms with Crippen molar-refractivity contribution in [2.45, 2.75) is 188 Å². The fraction of sp³-hybridized carbons (Fsp3) is 0.667. The fourth-order valence-corrected chi connectivity index (χ4v) is 13.6. The molecule has 6 N–H and O–H groups in total. The number of hydrogen-bond acceptors (Lipinski definition) is 10. The first-order chi connectivity index (χ1) is 35.7. The van der Waals surface area contributed by atoms with Gasteiger partial charge < -0.3 is 41.7 Å². The minimum Gasteiger partial charge on any atom is -0.351 e. The number of Topliss-reactive ketones (excluding diaryl/α,β-unsaturated/α-hetero) is 2. The van der Waals surface area contributed by atoms with Crippen molar-refractivity contribution in [1.29, 1.82) is 0 Å². The molecule has 6 amide bonds. The number of likely N-dealkylation sites (N-methyl/N-ethyl adjacent to an activating group) is 2. The van der Waals surface area contributed by atoms with Gasteiger partial charge >= 0.3 is 0 Å². The summed E-state index contributed by atoms with van der Waals surface area (Å²) in [6, 6.07) is 14.2. The Morgan fingerprint density at radius 2 is 1.06 bits per heavy atom. The van der Waals surface area contributed by atoms with Gasteiger partial charge in [0.2, 0.25) is 35.4 Å². The van der Waals surface area contributed by atoms with Gasteiger partial charge in [-0.3, -0.25) is 38.4 Å². The molecule has 2 unspecified atom stereocenters. The number of nitrogens with one attached hydrogen (secondary N) is 6. The molecule has 4 saturated carbocycles. The van der Waals surface area contributed by atoms with E-state index in [4.69, 9.17) is 0 Å². The molecular weight excluding hydrogens is 1030 g/mol. The number of benzene rings is 2. The second-order valence-corrected chi connectivity index (χ2v) is 25.9. The van der Waals surface area contributed by atoms with Crippen molar-refractivity contribution >= 4 is 71.8 Å². The third kappa shape index (κ3) is 14.2. The second-order valence-electron chi connectivity index (χ2n) is 25.9. The molecular formula is C60H90Cl2N8O8. The topological polar surface area (TPSA) is 215 Å². The highest BCUT2D eigenvalue weighted by molar-refractivity contribution is 5.96. The molecule has 0 radical (unpaired) electrons. The van der Waals surface area contributed by atoms with E-state index in [1.807, 2.05) is 116 Å². The van der Waals surface area contributed by atoms with Crippen LogP contribution in [0, 0.1) is 39.4 Å². The Hall–Kier alpha value is -4.90. The Balaban J connectivity index is 0.00000560. The molecule has 6 fully saturated rings. The first-order valence-electron chi connectivity index (χ1n) is 28.0. The lowest BCUT2D eigenvalue weighted by Crippen LogP contribution is -2.63. The third-order valence-corrected chi connectivity index (χ3v) is 18.0. The number of hydrogen-bond donors (Lipinski definition) is 6. The number of ketones is 2. The molecule has 12 atom stereocenters. The van der Waals surface area contributed by atoms with E-state index in [1.54, 1.807) is 37.7 Å². The zero-order valence-electron chi connectivity index (χ0n) is 48.2. The summed E-state index contributed by atoms with van der Waals surface area (Å²) in [6.45, 7) is 19.0. The van der Waals surface area contributed by atoms with E-state index in [2.05, 4.69) is 31.9 Å². The van der Waals surface area contributed by atoms with Crippen LogP contribution in [-0.2, 0) is 38.4 Å². The molecule has 2 heterocycles. The average molecular weight is 1120 g/mol. The number of carbonyl (C=O) groups excluding carboxylic acids is 8. The van der Waals surface area contributed by atoms with Gasteiger partial charge in [-0.1, -0.05) is 109 Å². The highest BCUT2D eigenvalue weighted by Gasteiger charge is 2.64. The Morgan fingerprint density at radius 3 is 1.54 bits per heavy atom. The number of amides is 6. The van der Waals surface area contributed by atoms with E-state index < -0.39 is 69.9 Å². The lowest BCUT2D eigenvalue weighted by atomic mass is 9.43. The van der Waals surface area contributed by atoms with Crippen LogP contribution in [0.5, 0.6) is 0 Å². The van der Waals surface area contributed by atoms with Crippen molar-refractivity contribution in [2.75, 3.05) is 27.2 Å². The molecule has 432 valence electrons. The van der Waals surface area contributed by atoms with Crippen LogP contribution < -0.4 is 31.9 Å². The van der Waals surface area contributed by atoms with Crippen LogP contribution in [0.4, 0.5) is 0 Å². The monoisotopic (exact) mass is 1120 g/mol. The van der Waals surface area contributed by atoms with Gasteiger partial charge in [0.25, 0.3) is 0 Å². The number of rotatable bonds is 20. The quantitative estimate of drug-likeness (QED) is 0.0836. The van der Waals surface area contributed by atoms with Crippen LogP contribution in [-0.4, -0.2) is 126 Å². The smallest absolute Gasteiger partial charge is 0.246 e. The summed E-state index contributed by atoms with van der Waals surface area (Å²) in [5, 5.41) is 18.7. The molecule has 6 aliphatic rings. The standard InChI is InChI=1S/C60H88N8O8.2ClH/c1-35(41-19-15-13-16-20-41)23-49(70)46-25-43(32-67(46)54(74)50(58(8,9)10)66-51(71)38(4)62-12)64-55(75)59-28-39-24-40(29-59)31-60(30-39,34-59)56(76)65-44-26-47(52(72)63-36(2)42-21-17-14-18-22-42)68(33-44)53(73)45(57(5,6)7)27-48(69)37(3)61-11;;/h13-22,35-40,43-47,50,61-62H,23-34H2,1-12H3,(H,63,72)(H,64,75)(H,65,76)(H,66,71);2*1H/t35-,36+,37-,38-,39?,40?,43-,44-,45+,46-,47-,50+,59?,60?;;/m0../s1. The van der Waals surface area contributed by atoms with E-state index in [0.717, 1.165) is 17.5 Å². The zero-order valence-corrected chi connectivity index (χ0v) is 49.8. The molecule has 2 aliphatic heterocycles. The van der Waals surface area contributed by atoms with Gasteiger partial charge in [0, 0.05) is 43.9 Å². The average Bonchev–Trinajstić information content (AvgIpc) is 4.00. The number of likely N-dealkylation sites (tertiary alicyclic amines) is 2. The predicted molar refractivity (Wildman–Crippen MR) is 307 cm³/mol. The van der Waals surface area contributed by atoms with E-state index in [1.165, 1.54) is 0 Å². The van der Waals surface area contributed by atoms with Gasteiger partial charge in [0.15, 0.2) is 5.78 Å². The first-order valence-corrected chi connectivity index (χ1v) is 28.0. The predicted octanol–water partition coefficient (Wildman–Crippen LogP) is 6.60. The maximum absolute atomic E-state index is 15.1. The van der Waals surface area contributed by atoms with E-state index in [-0.39, 0.29) is 134 Å². The van der Waals surface area contributed by atoms with Gasteiger partial charge in [-0.15, -0.1) is 24.8 Å². The molecule has 2 aromatic carbocycles. The van der Waals surface area contributed by atoms with Gasteiger partial charge in [-0.2, -0.15) is 0 Å². The second kappa shape index (κ2) is 25.7. The van der Waals surface area contributed by atoms with Gasteiger partial charge in [-0.05, 0) is 126 Å². The van der Waals surface area contributed by atoms with Crippen molar-refractivity contribution in [1.82, 2.24) is 41.7 Å². The molecule has 78 heavy (non-hydrogen) atoms. The Kier molecular flexibility index (Phi) is 21.1. The fourth-order valence-electron chi connectivity index (χ4n) is 13.6. The van der Waals surface area contributed by atoms with Crippen LogP contribution in [0.3, 0.4) is 0 Å². The molecule has 18 heteroatoms. The zero-order chi connectivity index (χ0) is 55.7. The Labute approximate surface area is 475 Å². The summed E-state index contributed by atoms with van der Waals surface area (Å²) in [5.41, 5.74) is -1.11. The molecule has 2 saturated heterocycles.